The molecule has 0 aromatic heterocycles. The van der Waals surface area contributed by atoms with Gasteiger partial charge in [-0.1, -0.05) is 50.6 Å². The van der Waals surface area contributed by atoms with Gasteiger partial charge in [0.25, 0.3) is 0 Å². The van der Waals surface area contributed by atoms with Gasteiger partial charge in [0.2, 0.25) is 0 Å². The maximum Gasteiger partial charge on any atom is -0.0190 e. The first-order valence-electron chi connectivity index (χ1n) is 4.39. The Labute approximate surface area is 69.3 Å². The van der Waals surface area contributed by atoms with E-state index in [1.807, 2.05) is 0 Å². The summed E-state index contributed by atoms with van der Waals surface area (Å²) in [5, 5.41) is 0. The number of hydrogen-bond donors (Lipinski definition) is 0. The van der Waals surface area contributed by atoms with Crippen LogP contribution in [-0.4, -0.2) is 0 Å². The van der Waals surface area contributed by atoms with Crippen LogP contribution in [0.25, 0.3) is 0 Å². The van der Waals surface area contributed by atoms with Crippen LogP contribution in [0, 0.1) is 0 Å². The van der Waals surface area contributed by atoms with Crippen molar-refractivity contribution < 1.29 is 0 Å². The Morgan fingerprint density at radius 3 is 2.36 bits per heavy atom. The topological polar surface area (TPSA) is 0 Å². The highest BCUT2D eigenvalue weighted by atomic mass is 14.1. The lowest BCUT2D eigenvalue weighted by atomic mass is 9.97. The average Bonchev–Trinajstić information content (AvgIpc) is 2.07. The summed E-state index contributed by atoms with van der Waals surface area (Å²) >= 11 is 0. The van der Waals surface area contributed by atoms with Gasteiger partial charge in [0.1, 0.15) is 0 Å². The van der Waals surface area contributed by atoms with Gasteiger partial charge in [-0.2, -0.15) is 0 Å². The lowest BCUT2D eigenvalue weighted by molar-refractivity contribution is 0.665. The molecule has 1 aromatic carbocycles. The van der Waals surface area contributed by atoms with Gasteiger partial charge in [0, 0.05) is 0 Å². The highest BCUT2D eigenvalue weighted by Crippen LogP contribution is 2.19. The molecule has 0 aliphatic rings. The van der Waals surface area contributed by atoms with Gasteiger partial charge in [-0.25, -0.2) is 0 Å². The Balaban J connectivity index is 2.61. The molecular weight excluding hydrogens is 132 g/mol. The van der Waals surface area contributed by atoms with Crippen LogP contribution in [0.3, 0.4) is 0 Å². The van der Waals surface area contributed by atoms with Crippen LogP contribution < -0.4 is 0 Å². The van der Waals surface area contributed by atoms with E-state index in [4.69, 9.17) is 0 Å². The summed E-state index contributed by atoms with van der Waals surface area (Å²) in [6, 6.07) is 10.7. The SMILES string of the molecule is CCC[C@H](C)c1ccccc1. The Morgan fingerprint density at radius 1 is 1.18 bits per heavy atom. The second kappa shape index (κ2) is 4.17. The smallest absolute Gasteiger partial charge is 0.0190 e. The summed E-state index contributed by atoms with van der Waals surface area (Å²) in [5.41, 5.74) is 1.47. The largest absolute Gasteiger partial charge is 0.0654 e. The van der Waals surface area contributed by atoms with Gasteiger partial charge in [0.15, 0.2) is 0 Å². The molecule has 1 aromatic rings. The zero-order valence-electron chi connectivity index (χ0n) is 7.38. The molecule has 1 atom stereocenters. The second-order valence-electron chi connectivity index (χ2n) is 3.10. The number of rotatable bonds is 3. The van der Waals surface area contributed by atoms with Crippen molar-refractivity contribution in [2.45, 2.75) is 32.6 Å². The molecule has 0 bridgehead atoms. The lowest BCUT2D eigenvalue weighted by Gasteiger charge is -2.08. The van der Waals surface area contributed by atoms with Crippen LogP contribution >= 0.6 is 0 Å². The molecule has 0 fully saturated rings. The van der Waals surface area contributed by atoms with Gasteiger partial charge in [-0.3, -0.25) is 0 Å². The minimum atomic E-state index is 0.723. The van der Waals surface area contributed by atoms with E-state index in [0.29, 0.717) is 0 Å². The molecule has 0 N–H and O–H groups in total. The van der Waals surface area contributed by atoms with Crippen LogP contribution in [0.4, 0.5) is 0 Å². The second-order valence-corrected chi connectivity index (χ2v) is 3.10. The van der Waals surface area contributed by atoms with Crippen molar-refractivity contribution in [3.05, 3.63) is 35.9 Å². The predicted molar refractivity (Wildman–Crippen MR) is 49.8 cm³/mol. The third-order valence-electron chi connectivity index (χ3n) is 2.09. The molecule has 0 heterocycles. The van der Waals surface area contributed by atoms with E-state index < -0.39 is 0 Å². The fourth-order valence-electron chi connectivity index (χ4n) is 1.38. The quantitative estimate of drug-likeness (QED) is 0.614. The summed E-state index contributed by atoms with van der Waals surface area (Å²) < 4.78 is 0. The maximum absolute atomic E-state index is 2.29. The van der Waals surface area contributed by atoms with Crippen LogP contribution in [0.5, 0.6) is 0 Å². The van der Waals surface area contributed by atoms with E-state index >= 15 is 0 Å². The van der Waals surface area contributed by atoms with Crippen LogP contribution in [0.15, 0.2) is 30.3 Å². The van der Waals surface area contributed by atoms with Crippen molar-refractivity contribution in [3.63, 3.8) is 0 Å². The van der Waals surface area contributed by atoms with Crippen molar-refractivity contribution in [1.29, 1.82) is 0 Å². The molecule has 0 saturated carbocycles. The first-order valence-corrected chi connectivity index (χ1v) is 4.39. The van der Waals surface area contributed by atoms with E-state index in [0.717, 1.165) is 5.92 Å². The molecule has 11 heavy (non-hydrogen) atoms. The summed E-state index contributed by atoms with van der Waals surface area (Å²) in [7, 11) is 0. The monoisotopic (exact) mass is 148 g/mol. The van der Waals surface area contributed by atoms with E-state index in [-0.39, 0.29) is 0 Å². The van der Waals surface area contributed by atoms with Gasteiger partial charge in [0.05, 0.1) is 0 Å². The molecule has 0 heteroatoms. The van der Waals surface area contributed by atoms with Crippen molar-refractivity contribution >= 4 is 0 Å². The van der Waals surface area contributed by atoms with E-state index in [1.165, 1.54) is 18.4 Å². The molecular formula is C11H16. The Morgan fingerprint density at radius 2 is 1.82 bits per heavy atom. The molecule has 0 aliphatic heterocycles. The van der Waals surface area contributed by atoms with E-state index in [1.54, 1.807) is 0 Å². The van der Waals surface area contributed by atoms with Crippen molar-refractivity contribution in [3.8, 4) is 0 Å². The lowest BCUT2D eigenvalue weighted by Crippen LogP contribution is -1.91. The zero-order valence-corrected chi connectivity index (χ0v) is 7.38. The average molecular weight is 148 g/mol. The van der Waals surface area contributed by atoms with E-state index in [2.05, 4.69) is 44.2 Å². The highest BCUT2D eigenvalue weighted by Gasteiger charge is 2.01. The molecule has 0 unspecified atom stereocenters. The summed E-state index contributed by atoms with van der Waals surface area (Å²) in [5.74, 6) is 0.723. The molecule has 0 amide bonds. The van der Waals surface area contributed by atoms with Gasteiger partial charge >= 0.3 is 0 Å². The third-order valence-corrected chi connectivity index (χ3v) is 2.09. The Kier molecular flexibility index (Phi) is 3.15. The first-order chi connectivity index (χ1) is 5.34. The summed E-state index contributed by atoms with van der Waals surface area (Å²) in [6.07, 6.45) is 2.57. The Hall–Kier alpha value is -0.780. The summed E-state index contributed by atoms with van der Waals surface area (Å²) in [6.45, 7) is 4.53. The standard InChI is InChI=1S/C11H16/c1-3-7-10(2)11-8-5-4-6-9-11/h4-6,8-10H,3,7H2,1-2H3/t10-/m0/s1. The molecule has 60 valence electrons. The maximum atomic E-state index is 2.29. The molecule has 0 saturated heterocycles. The molecule has 0 radical (unpaired) electrons. The molecule has 1 rings (SSSR count). The molecule has 0 spiro atoms. The fourth-order valence-corrected chi connectivity index (χ4v) is 1.38. The molecule has 0 aliphatic carbocycles. The predicted octanol–water partition coefficient (Wildman–Crippen LogP) is 3.59. The van der Waals surface area contributed by atoms with E-state index in [9.17, 15) is 0 Å². The Bertz CT molecular complexity index is 188. The zero-order chi connectivity index (χ0) is 8.10. The minimum absolute atomic E-state index is 0.723. The van der Waals surface area contributed by atoms with Gasteiger partial charge in [-0.05, 0) is 17.9 Å². The fraction of sp³-hybridized carbons (Fsp3) is 0.455. The van der Waals surface area contributed by atoms with Crippen LogP contribution in [0.1, 0.15) is 38.2 Å². The van der Waals surface area contributed by atoms with Crippen molar-refractivity contribution in [1.82, 2.24) is 0 Å². The van der Waals surface area contributed by atoms with Crippen LogP contribution in [-0.2, 0) is 0 Å². The first kappa shape index (κ1) is 8.32. The van der Waals surface area contributed by atoms with Gasteiger partial charge in [-0.15, -0.1) is 0 Å². The summed E-state index contributed by atoms with van der Waals surface area (Å²) in [4.78, 5) is 0. The van der Waals surface area contributed by atoms with Crippen molar-refractivity contribution in [2.75, 3.05) is 0 Å². The normalized spacial score (nSPS) is 12.9. The number of benzene rings is 1. The van der Waals surface area contributed by atoms with Crippen molar-refractivity contribution in [2.24, 2.45) is 0 Å². The highest BCUT2D eigenvalue weighted by molar-refractivity contribution is 5.18. The van der Waals surface area contributed by atoms with Crippen LogP contribution in [0.2, 0.25) is 0 Å². The molecule has 0 nitrogen and oxygen atoms in total. The number of hydrogen-bond acceptors (Lipinski definition) is 0. The minimum Gasteiger partial charge on any atom is -0.0654 e. The van der Waals surface area contributed by atoms with Gasteiger partial charge < -0.3 is 0 Å². The third kappa shape index (κ3) is 2.38.